The molecule has 280 valence electrons. The third-order valence-corrected chi connectivity index (χ3v) is 8.59. The number of carbonyl (C=O) groups excluding carboxylic acids is 3. The predicted molar refractivity (Wildman–Crippen MR) is 184 cm³/mol. The number of esters is 3. The van der Waals surface area contributed by atoms with Crippen molar-refractivity contribution in [3.05, 3.63) is 35.9 Å². The third-order valence-electron chi connectivity index (χ3n) is 7.86. The first-order valence-electron chi connectivity index (χ1n) is 17.1. The molecule has 15 nitrogen and oxygen atoms in total. The monoisotopic (exact) mass is 715 g/mol. The third kappa shape index (κ3) is 19.3. The van der Waals surface area contributed by atoms with Crippen molar-refractivity contribution >= 4 is 27.9 Å². The van der Waals surface area contributed by atoms with E-state index in [0.29, 0.717) is 59.0 Å². The molecular weight excluding hydrogens is 658 g/mol. The summed E-state index contributed by atoms with van der Waals surface area (Å²) in [6, 6.07) is 8.80. The second kappa shape index (κ2) is 23.7. The van der Waals surface area contributed by atoms with Crippen LogP contribution in [0.3, 0.4) is 0 Å². The number of aliphatic hydroxyl groups is 1. The molecule has 0 aromatic heterocycles. The van der Waals surface area contributed by atoms with Crippen molar-refractivity contribution < 1.29 is 46.9 Å². The van der Waals surface area contributed by atoms with Gasteiger partial charge in [0.2, 0.25) is 10.0 Å². The minimum atomic E-state index is -3.65. The van der Waals surface area contributed by atoms with Gasteiger partial charge in [0.25, 0.3) is 0 Å². The van der Waals surface area contributed by atoms with Crippen molar-refractivity contribution in [2.24, 2.45) is 0 Å². The minimum absolute atomic E-state index is 0.0451. The van der Waals surface area contributed by atoms with E-state index in [0.717, 1.165) is 11.8 Å². The second-order valence-electron chi connectivity index (χ2n) is 11.9. The lowest BCUT2D eigenvalue weighted by atomic mass is 10.1. The average molecular weight is 716 g/mol. The molecule has 0 radical (unpaired) electrons. The zero-order chi connectivity index (χ0) is 36.1. The van der Waals surface area contributed by atoms with E-state index in [1.54, 1.807) is 20.8 Å². The van der Waals surface area contributed by atoms with E-state index in [1.807, 2.05) is 49.9 Å². The van der Waals surface area contributed by atoms with Crippen LogP contribution < -0.4 is 4.72 Å². The molecule has 16 heteroatoms. The van der Waals surface area contributed by atoms with Gasteiger partial charge in [0, 0.05) is 65.5 Å². The highest BCUT2D eigenvalue weighted by Gasteiger charge is 2.27. The Kier molecular flexibility index (Phi) is 20.5. The molecular formula is C33H57N5O10S. The molecule has 0 bridgehead atoms. The van der Waals surface area contributed by atoms with Gasteiger partial charge in [0.15, 0.2) is 0 Å². The molecule has 1 aromatic rings. The first-order chi connectivity index (χ1) is 23.4. The molecule has 2 rings (SSSR count). The van der Waals surface area contributed by atoms with E-state index in [1.165, 1.54) is 0 Å². The molecule has 1 fully saturated rings. The molecule has 1 aliphatic rings. The number of nitrogens with zero attached hydrogens (tertiary/aromatic N) is 4. The minimum Gasteiger partial charge on any atom is -0.465 e. The van der Waals surface area contributed by atoms with Crippen LogP contribution in [0.1, 0.15) is 32.8 Å². The lowest BCUT2D eigenvalue weighted by molar-refractivity contribution is -0.146. The number of β-amino-alcohol motifs (C(OH)–C–C–N with tert-alkyl or cyclic N) is 1. The Bertz CT molecular complexity index is 1170. The van der Waals surface area contributed by atoms with Crippen LogP contribution in [-0.2, 0) is 50.0 Å². The Hall–Kier alpha value is -2.70. The summed E-state index contributed by atoms with van der Waals surface area (Å²) < 4.78 is 48.5. The number of hydrogen-bond donors (Lipinski definition) is 2. The predicted octanol–water partition coefficient (Wildman–Crippen LogP) is -0.217. The molecule has 0 saturated carbocycles. The van der Waals surface area contributed by atoms with E-state index in [-0.39, 0.29) is 76.9 Å². The van der Waals surface area contributed by atoms with Crippen LogP contribution in [0.5, 0.6) is 0 Å². The van der Waals surface area contributed by atoms with E-state index in [9.17, 15) is 27.9 Å². The summed E-state index contributed by atoms with van der Waals surface area (Å²) in [5.41, 5.74) is 0.985. The Morgan fingerprint density at radius 2 is 1.14 bits per heavy atom. The summed E-state index contributed by atoms with van der Waals surface area (Å²) in [6.07, 6.45) is 0.217. The Labute approximate surface area is 291 Å². The Morgan fingerprint density at radius 3 is 1.53 bits per heavy atom. The number of aliphatic hydroxyl groups excluding tert-OH is 1. The van der Waals surface area contributed by atoms with Crippen molar-refractivity contribution in [1.82, 2.24) is 24.3 Å². The van der Waals surface area contributed by atoms with Crippen molar-refractivity contribution in [2.45, 2.75) is 45.9 Å². The van der Waals surface area contributed by atoms with Crippen molar-refractivity contribution in [2.75, 3.05) is 111 Å². The van der Waals surface area contributed by atoms with Gasteiger partial charge in [-0.15, -0.1) is 0 Å². The largest absolute Gasteiger partial charge is 0.465 e. The molecule has 0 amide bonds. The SMILES string of the molecule is CCOC(=O)CN1CCN(CC(=O)OCC)CCN(CC(O)C(CCOCc2ccccc2)NS(C)(=O)=O)CCN(CC(=O)OCC)CC1. The molecule has 2 unspecified atom stereocenters. The van der Waals surface area contributed by atoms with Gasteiger partial charge in [0.1, 0.15) is 0 Å². The standard InChI is InChI=1S/C33H57N5O10S/c1-5-46-31(40)24-36-16-14-35(23-30(39)29(34-49(4,43)44)13-22-45-27-28-11-9-8-10-12-28)15-17-37(25-32(41)47-6-2)19-21-38(20-18-36)26-33(42)48-7-3/h8-12,29-30,34,39H,5-7,13-27H2,1-4H3. The highest BCUT2D eigenvalue weighted by atomic mass is 32.2. The van der Waals surface area contributed by atoms with Crippen LogP contribution in [0.2, 0.25) is 0 Å². The number of nitrogens with one attached hydrogen (secondary N) is 1. The van der Waals surface area contributed by atoms with E-state index in [2.05, 4.69) is 4.72 Å². The topological polar surface area (TPSA) is 167 Å². The first-order valence-corrected chi connectivity index (χ1v) is 18.9. The number of sulfonamides is 1. The van der Waals surface area contributed by atoms with Gasteiger partial charge in [-0.3, -0.25) is 34.0 Å². The van der Waals surface area contributed by atoms with Gasteiger partial charge in [-0.1, -0.05) is 30.3 Å². The maximum absolute atomic E-state index is 12.5. The number of ether oxygens (including phenoxy) is 4. The van der Waals surface area contributed by atoms with Gasteiger partial charge in [-0.2, -0.15) is 0 Å². The molecule has 1 heterocycles. The molecule has 1 saturated heterocycles. The van der Waals surface area contributed by atoms with Gasteiger partial charge < -0.3 is 24.1 Å². The van der Waals surface area contributed by atoms with Crippen LogP contribution in [-0.4, -0.2) is 174 Å². The number of rotatable bonds is 19. The quantitative estimate of drug-likeness (QED) is 0.110. The molecule has 49 heavy (non-hydrogen) atoms. The van der Waals surface area contributed by atoms with Crippen LogP contribution in [0, 0.1) is 0 Å². The maximum atomic E-state index is 12.5. The molecule has 0 spiro atoms. The van der Waals surface area contributed by atoms with E-state index < -0.39 is 22.2 Å². The molecule has 1 aliphatic heterocycles. The normalized spacial score (nSPS) is 17.7. The van der Waals surface area contributed by atoms with Crippen LogP contribution in [0.4, 0.5) is 0 Å². The van der Waals surface area contributed by atoms with Crippen LogP contribution in [0.15, 0.2) is 30.3 Å². The highest BCUT2D eigenvalue weighted by Crippen LogP contribution is 2.09. The summed E-state index contributed by atoms with van der Waals surface area (Å²) in [5, 5.41) is 11.4. The fourth-order valence-corrected chi connectivity index (χ4v) is 6.20. The van der Waals surface area contributed by atoms with Crippen molar-refractivity contribution in [3.8, 4) is 0 Å². The van der Waals surface area contributed by atoms with Crippen LogP contribution in [0.25, 0.3) is 0 Å². The Morgan fingerprint density at radius 1 is 0.735 bits per heavy atom. The lowest BCUT2D eigenvalue weighted by Crippen LogP contribution is -2.52. The van der Waals surface area contributed by atoms with Gasteiger partial charge in [-0.05, 0) is 32.8 Å². The molecule has 0 aliphatic carbocycles. The zero-order valence-corrected chi connectivity index (χ0v) is 30.4. The molecule has 2 N–H and O–H groups in total. The number of benzene rings is 1. The maximum Gasteiger partial charge on any atom is 0.320 e. The summed E-state index contributed by atoms with van der Waals surface area (Å²) in [5.74, 6) is -1.09. The molecule has 1 aromatic carbocycles. The average Bonchev–Trinajstić information content (AvgIpc) is 3.03. The van der Waals surface area contributed by atoms with Crippen molar-refractivity contribution in [1.29, 1.82) is 0 Å². The fraction of sp³-hybridized carbons (Fsp3) is 0.727. The van der Waals surface area contributed by atoms with E-state index >= 15 is 0 Å². The zero-order valence-electron chi connectivity index (χ0n) is 29.6. The van der Waals surface area contributed by atoms with Gasteiger partial charge in [0.05, 0.1) is 64.5 Å². The summed E-state index contributed by atoms with van der Waals surface area (Å²) in [4.78, 5) is 45.2. The van der Waals surface area contributed by atoms with Gasteiger partial charge in [-0.25, -0.2) is 13.1 Å². The molecule has 2 atom stereocenters. The van der Waals surface area contributed by atoms with Crippen LogP contribution >= 0.6 is 0 Å². The summed E-state index contributed by atoms with van der Waals surface area (Å²) in [6.45, 7) is 10.4. The fourth-order valence-electron chi connectivity index (χ4n) is 5.37. The second-order valence-corrected chi connectivity index (χ2v) is 13.7. The highest BCUT2D eigenvalue weighted by molar-refractivity contribution is 7.88. The summed E-state index contributed by atoms with van der Waals surface area (Å²) >= 11 is 0. The lowest BCUT2D eigenvalue weighted by Gasteiger charge is -2.35. The smallest absolute Gasteiger partial charge is 0.320 e. The summed E-state index contributed by atoms with van der Waals surface area (Å²) in [7, 11) is -3.65. The Balaban J connectivity index is 2.23. The van der Waals surface area contributed by atoms with Crippen molar-refractivity contribution in [3.63, 3.8) is 0 Å². The number of carbonyl (C=O) groups is 3. The number of hydrogen-bond acceptors (Lipinski definition) is 14. The van der Waals surface area contributed by atoms with E-state index in [4.69, 9.17) is 18.9 Å². The van der Waals surface area contributed by atoms with Gasteiger partial charge >= 0.3 is 17.9 Å². The first kappa shape index (κ1) is 42.5.